The van der Waals surface area contributed by atoms with Crippen LogP contribution in [0.3, 0.4) is 0 Å². The Bertz CT molecular complexity index is 205. The lowest BCUT2D eigenvalue weighted by Gasteiger charge is -2.12. The first kappa shape index (κ1) is 13.7. The van der Waals surface area contributed by atoms with Gasteiger partial charge in [0.2, 0.25) is 0 Å². The molecular formula is C10H21O3P. The van der Waals surface area contributed by atoms with Gasteiger partial charge in [0.05, 0.1) is 19.9 Å². The second-order valence-corrected chi connectivity index (χ2v) is 7.12. The van der Waals surface area contributed by atoms with Gasteiger partial charge in [0.25, 0.3) is 0 Å². The lowest BCUT2D eigenvalue weighted by atomic mass is 10.4. The summed E-state index contributed by atoms with van der Waals surface area (Å²) in [7, 11) is -2.26. The molecule has 0 bridgehead atoms. The fourth-order valence-electron chi connectivity index (χ4n) is 1.06. The van der Waals surface area contributed by atoms with E-state index < -0.39 is 7.14 Å². The summed E-state index contributed by atoms with van der Waals surface area (Å²) in [6, 6.07) is 0. The summed E-state index contributed by atoms with van der Waals surface area (Å²) < 4.78 is 16.9. The van der Waals surface area contributed by atoms with Crippen molar-refractivity contribution in [1.82, 2.24) is 0 Å². The van der Waals surface area contributed by atoms with Crippen molar-refractivity contribution in [2.24, 2.45) is 0 Å². The Morgan fingerprint density at radius 2 is 1.79 bits per heavy atom. The van der Waals surface area contributed by atoms with Crippen molar-refractivity contribution in [1.29, 1.82) is 0 Å². The Morgan fingerprint density at radius 1 is 1.21 bits per heavy atom. The number of rotatable bonds is 7. The highest BCUT2D eigenvalue weighted by Crippen LogP contribution is 2.44. The van der Waals surface area contributed by atoms with E-state index in [1.165, 1.54) is 0 Å². The van der Waals surface area contributed by atoms with Crippen molar-refractivity contribution in [2.45, 2.75) is 33.6 Å². The van der Waals surface area contributed by atoms with Crippen molar-refractivity contribution >= 4 is 13.1 Å². The van der Waals surface area contributed by atoms with E-state index in [1.807, 2.05) is 20.8 Å². The van der Waals surface area contributed by atoms with E-state index in [2.05, 4.69) is 0 Å². The average Bonchev–Trinajstić information content (AvgIpc) is 2.18. The van der Waals surface area contributed by atoms with Crippen LogP contribution in [0.4, 0.5) is 0 Å². The van der Waals surface area contributed by atoms with Crippen LogP contribution < -0.4 is 0 Å². The number of esters is 1. The molecule has 0 aliphatic rings. The zero-order valence-electron chi connectivity index (χ0n) is 9.41. The van der Waals surface area contributed by atoms with Gasteiger partial charge in [-0.3, -0.25) is 4.79 Å². The summed E-state index contributed by atoms with van der Waals surface area (Å²) in [4.78, 5) is 11.3. The first-order valence-corrected chi connectivity index (χ1v) is 7.57. The SMILES string of the molecule is CCCCOC(=O)CP(=O)(CC)CC. The fraction of sp³-hybridized carbons (Fsp3) is 0.900. The van der Waals surface area contributed by atoms with Crippen LogP contribution in [-0.4, -0.2) is 31.1 Å². The van der Waals surface area contributed by atoms with Crippen LogP contribution in [0.2, 0.25) is 0 Å². The highest BCUT2D eigenvalue weighted by molar-refractivity contribution is 7.64. The molecule has 0 spiro atoms. The summed E-state index contributed by atoms with van der Waals surface area (Å²) in [6.45, 7) is 6.23. The number of carbonyl (C=O) groups is 1. The van der Waals surface area contributed by atoms with Gasteiger partial charge in [-0.05, 0) is 18.7 Å². The van der Waals surface area contributed by atoms with Gasteiger partial charge >= 0.3 is 5.97 Å². The molecule has 84 valence electrons. The zero-order chi connectivity index (χ0) is 11.0. The summed E-state index contributed by atoms with van der Waals surface area (Å²) >= 11 is 0. The molecule has 3 nitrogen and oxygen atoms in total. The maximum absolute atomic E-state index is 11.9. The normalized spacial score (nSPS) is 11.4. The Hall–Kier alpha value is -0.300. The highest BCUT2D eigenvalue weighted by atomic mass is 31.2. The molecule has 0 aromatic carbocycles. The van der Waals surface area contributed by atoms with E-state index in [9.17, 15) is 9.36 Å². The molecule has 14 heavy (non-hydrogen) atoms. The minimum atomic E-state index is -2.26. The van der Waals surface area contributed by atoms with Gasteiger partial charge < -0.3 is 9.30 Å². The van der Waals surface area contributed by atoms with Crippen LogP contribution >= 0.6 is 7.14 Å². The molecule has 0 unspecified atom stereocenters. The molecule has 0 heterocycles. The fourth-order valence-corrected chi connectivity index (χ4v) is 2.51. The maximum Gasteiger partial charge on any atom is 0.313 e. The Labute approximate surface area is 86.6 Å². The van der Waals surface area contributed by atoms with Gasteiger partial charge in [-0.2, -0.15) is 0 Å². The van der Waals surface area contributed by atoms with E-state index in [0.29, 0.717) is 18.9 Å². The van der Waals surface area contributed by atoms with Crippen LogP contribution in [-0.2, 0) is 14.1 Å². The van der Waals surface area contributed by atoms with Gasteiger partial charge in [0.1, 0.15) is 0 Å². The molecule has 0 saturated carbocycles. The topological polar surface area (TPSA) is 43.4 Å². The Balaban J connectivity index is 3.86. The van der Waals surface area contributed by atoms with Crippen LogP contribution in [0.1, 0.15) is 33.6 Å². The molecule has 0 fully saturated rings. The summed E-state index contributed by atoms with van der Waals surface area (Å²) in [5.41, 5.74) is 0. The molecule has 0 radical (unpaired) electrons. The molecule has 0 aromatic rings. The van der Waals surface area contributed by atoms with Gasteiger partial charge in [0.15, 0.2) is 0 Å². The van der Waals surface area contributed by atoms with E-state index >= 15 is 0 Å². The van der Waals surface area contributed by atoms with Gasteiger partial charge in [-0.15, -0.1) is 0 Å². The molecule has 0 aromatic heterocycles. The molecule has 0 rings (SSSR count). The third-order valence-electron chi connectivity index (χ3n) is 2.33. The second-order valence-electron chi connectivity index (χ2n) is 3.42. The number of hydrogen-bond donors (Lipinski definition) is 0. The summed E-state index contributed by atoms with van der Waals surface area (Å²) in [6.07, 6.45) is 3.18. The molecular weight excluding hydrogens is 199 g/mol. The van der Waals surface area contributed by atoms with Crippen LogP contribution in [0.15, 0.2) is 0 Å². The lowest BCUT2D eigenvalue weighted by molar-refractivity contribution is -0.140. The Morgan fingerprint density at radius 3 is 2.21 bits per heavy atom. The van der Waals surface area contributed by atoms with Crippen molar-refractivity contribution in [3.8, 4) is 0 Å². The van der Waals surface area contributed by atoms with Crippen molar-refractivity contribution < 1.29 is 14.1 Å². The van der Waals surface area contributed by atoms with Crippen molar-refractivity contribution in [3.05, 3.63) is 0 Å². The predicted octanol–water partition coefficient (Wildman–Crippen LogP) is 2.73. The van der Waals surface area contributed by atoms with Gasteiger partial charge in [0, 0.05) is 0 Å². The number of hydrogen-bond acceptors (Lipinski definition) is 3. The molecule has 0 amide bonds. The van der Waals surface area contributed by atoms with E-state index in [0.717, 1.165) is 12.8 Å². The smallest absolute Gasteiger partial charge is 0.313 e. The van der Waals surface area contributed by atoms with E-state index in [1.54, 1.807) is 0 Å². The van der Waals surface area contributed by atoms with Crippen molar-refractivity contribution in [2.75, 3.05) is 25.1 Å². The lowest BCUT2D eigenvalue weighted by Crippen LogP contribution is -2.12. The van der Waals surface area contributed by atoms with Crippen LogP contribution in [0.5, 0.6) is 0 Å². The molecule has 4 heteroatoms. The molecule has 0 aliphatic carbocycles. The monoisotopic (exact) mass is 220 g/mol. The zero-order valence-corrected chi connectivity index (χ0v) is 10.3. The minimum absolute atomic E-state index is 0.115. The minimum Gasteiger partial charge on any atom is -0.465 e. The Kier molecular flexibility index (Phi) is 6.90. The van der Waals surface area contributed by atoms with Crippen LogP contribution in [0, 0.1) is 0 Å². The van der Waals surface area contributed by atoms with E-state index in [4.69, 9.17) is 4.74 Å². The molecule has 0 atom stereocenters. The third-order valence-corrected chi connectivity index (χ3v) is 5.47. The number of unbranched alkanes of at least 4 members (excludes halogenated alkanes) is 1. The van der Waals surface area contributed by atoms with Gasteiger partial charge in [-0.25, -0.2) is 0 Å². The predicted molar refractivity (Wildman–Crippen MR) is 59.4 cm³/mol. The second kappa shape index (κ2) is 7.05. The quantitative estimate of drug-likeness (QED) is 0.376. The standard InChI is InChI=1S/C10H21O3P/c1-4-7-8-13-10(11)9-14(12,5-2)6-3/h4-9H2,1-3H3. The van der Waals surface area contributed by atoms with E-state index in [-0.39, 0.29) is 12.1 Å². The largest absolute Gasteiger partial charge is 0.465 e. The number of ether oxygens (including phenoxy) is 1. The van der Waals surface area contributed by atoms with Crippen LogP contribution in [0.25, 0.3) is 0 Å². The van der Waals surface area contributed by atoms with Gasteiger partial charge in [-0.1, -0.05) is 27.2 Å². The molecule has 0 N–H and O–H groups in total. The summed E-state index contributed by atoms with van der Waals surface area (Å²) in [5.74, 6) is -0.300. The summed E-state index contributed by atoms with van der Waals surface area (Å²) in [5, 5.41) is 0. The third kappa shape index (κ3) is 5.43. The van der Waals surface area contributed by atoms with Crippen molar-refractivity contribution in [3.63, 3.8) is 0 Å². The first-order chi connectivity index (χ1) is 6.58. The molecule has 0 saturated heterocycles. The molecule has 0 aliphatic heterocycles. The highest BCUT2D eigenvalue weighted by Gasteiger charge is 2.22. The maximum atomic E-state index is 11.9. The number of carbonyl (C=O) groups excluding carboxylic acids is 1. The first-order valence-electron chi connectivity index (χ1n) is 5.30. The average molecular weight is 220 g/mol.